The SMILES string of the molecule is Cc1c(C[C@H](C)Br)ccc2c1OC(C)(C(=O)OC(=O)O)O2. The van der Waals surface area contributed by atoms with E-state index in [9.17, 15) is 9.59 Å². The number of alkyl halides is 1. The molecule has 2 atom stereocenters. The van der Waals surface area contributed by atoms with Crippen LogP contribution in [0, 0.1) is 6.92 Å². The van der Waals surface area contributed by atoms with Gasteiger partial charge in [0.25, 0.3) is 0 Å². The van der Waals surface area contributed by atoms with Crippen LogP contribution in [0.1, 0.15) is 25.0 Å². The number of ether oxygens (including phenoxy) is 3. The molecule has 0 amide bonds. The summed E-state index contributed by atoms with van der Waals surface area (Å²) in [4.78, 5) is 22.5. The number of carboxylic acid groups (broad SMARTS) is 1. The molecular weight excluding hydrogens is 344 g/mol. The van der Waals surface area contributed by atoms with Crippen LogP contribution in [-0.4, -0.2) is 27.8 Å². The van der Waals surface area contributed by atoms with E-state index in [1.54, 1.807) is 6.07 Å². The maximum absolute atomic E-state index is 11.8. The molecule has 1 unspecified atom stereocenters. The smallest absolute Gasteiger partial charge is 0.449 e. The standard InChI is InChI=1S/C14H15BrO6/c1-7(15)6-9-4-5-10-11(8(9)2)21-14(3,20-10)12(16)19-13(17)18/h4-5,7H,6H2,1-3H3,(H,17,18)/t7-,14?/m0/s1. The average Bonchev–Trinajstić information content (AvgIpc) is 2.71. The molecule has 1 aliphatic rings. The van der Waals surface area contributed by atoms with Crippen molar-refractivity contribution in [2.75, 3.05) is 0 Å². The van der Waals surface area contributed by atoms with Gasteiger partial charge < -0.3 is 19.3 Å². The Bertz CT molecular complexity index is 597. The largest absolute Gasteiger partial charge is 0.513 e. The van der Waals surface area contributed by atoms with Crippen molar-refractivity contribution in [2.45, 2.75) is 37.8 Å². The summed E-state index contributed by atoms with van der Waals surface area (Å²) in [5.41, 5.74) is 1.91. The summed E-state index contributed by atoms with van der Waals surface area (Å²) in [6, 6.07) is 3.59. The molecule has 21 heavy (non-hydrogen) atoms. The van der Waals surface area contributed by atoms with Gasteiger partial charge in [-0.3, -0.25) is 0 Å². The van der Waals surface area contributed by atoms with E-state index < -0.39 is 17.9 Å². The summed E-state index contributed by atoms with van der Waals surface area (Å²) in [6.07, 6.45) is -0.909. The maximum atomic E-state index is 11.8. The number of carbonyl (C=O) groups is 2. The molecule has 0 saturated heterocycles. The highest BCUT2D eigenvalue weighted by Gasteiger charge is 2.48. The van der Waals surface area contributed by atoms with Crippen LogP contribution in [0.25, 0.3) is 0 Å². The van der Waals surface area contributed by atoms with Gasteiger partial charge in [0.1, 0.15) is 0 Å². The lowest BCUT2D eigenvalue weighted by Gasteiger charge is -2.19. The number of esters is 1. The van der Waals surface area contributed by atoms with Gasteiger partial charge in [0, 0.05) is 11.8 Å². The second-order valence-corrected chi connectivity index (χ2v) is 6.53. The van der Waals surface area contributed by atoms with Crippen LogP contribution in [0.5, 0.6) is 11.5 Å². The Morgan fingerprint density at radius 3 is 2.67 bits per heavy atom. The van der Waals surface area contributed by atoms with Gasteiger partial charge in [0.05, 0.1) is 0 Å². The number of halogens is 1. The lowest BCUT2D eigenvalue weighted by molar-refractivity contribution is -0.175. The van der Waals surface area contributed by atoms with Gasteiger partial charge in [0.15, 0.2) is 11.5 Å². The molecular formula is C14H15BrO6. The number of benzene rings is 1. The average molecular weight is 359 g/mol. The monoisotopic (exact) mass is 358 g/mol. The third-order valence-corrected chi connectivity index (χ3v) is 3.46. The van der Waals surface area contributed by atoms with E-state index in [-0.39, 0.29) is 0 Å². The lowest BCUT2D eigenvalue weighted by Crippen LogP contribution is -2.45. The molecule has 2 rings (SSSR count). The fourth-order valence-electron chi connectivity index (χ4n) is 2.12. The molecule has 1 aromatic carbocycles. The van der Waals surface area contributed by atoms with Gasteiger partial charge in [-0.15, -0.1) is 0 Å². The van der Waals surface area contributed by atoms with Crippen LogP contribution in [0.4, 0.5) is 4.79 Å². The first-order valence-corrected chi connectivity index (χ1v) is 7.24. The topological polar surface area (TPSA) is 82.1 Å². The predicted octanol–water partition coefficient (Wildman–Crippen LogP) is 3.03. The van der Waals surface area contributed by atoms with Crippen molar-refractivity contribution in [2.24, 2.45) is 0 Å². The van der Waals surface area contributed by atoms with Crippen molar-refractivity contribution in [3.8, 4) is 11.5 Å². The molecule has 0 bridgehead atoms. The number of hydrogen-bond donors (Lipinski definition) is 1. The highest BCUT2D eigenvalue weighted by atomic mass is 79.9. The Morgan fingerprint density at radius 1 is 1.43 bits per heavy atom. The number of carbonyl (C=O) groups excluding carboxylic acids is 1. The van der Waals surface area contributed by atoms with Gasteiger partial charge in [0.2, 0.25) is 0 Å². The predicted molar refractivity (Wildman–Crippen MR) is 77.0 cm³/mol. The summed E-state index contributed by atoms with van der Waals surface area (Å²) < 4.78 is 15.1. The minimum atomic E-state index is -1.79. The van der Waals surface area contributed by atoms with E-state index in [1.807, 2.05) is 19.9 Å². The van der Waals surface area contributed by atoms with E-state index in [0.29, 0.717) is 16.3 Å². The molecule has 1 N–H and O–H groups in total. The Hall–Kier alpha value is -1.76. The Labute approximate surface area is 130 Å². The normalized spacial score (nSPS) is 21.0. The first kappa shape index (κ1) is 15.6. The van der Waals surface area contributed by atoms with Gasteiger partial charge in [-0.1, -0.05) is 28.9 Å². The fraction of sp³-hybridized carbons (Fsp3) is 0.429. The van der Waals surface area contributed by atoms with Crippen molar-refractivity contribution >= 4 is 28.1 Å². The highest BCUT2D eigenvalue weighted by molar-refractivity contribution is 9.09. The molecule has 7 heteroatoms. The van der Waals surface area contributed by atoms with E-state index in [1.165, 1.54) is 6.92 Å². The van der Waals surface area contributed by atoms with Gasteiger partial charge in [-0.05, 0) is 30.5 Å². The number of fused-ring (bicyclic) bond motifs is 1. The second kappa shape index (κ2) is 5.55. The molecule has 114 valence electrons. The van der Waals surface area contributed by atoms with Crippen molar-refractivity contribution in [1.29, 1.82) is 0 Å². The van der Waals surface area contributed by atoms with Crippen molar-refractivity contribution in [3.05, 3.63) is 23.3 Å². The van der Waals surface area contributed by atoms with Crippen LogP contribution in [0.2, 0.25) is 0 Å². The lowest BCUT2D eigenvalue weighted by atomic mass is 10.0. The van der Waals surface area contributed by atoms with Crippen molar-refractivity contribution in [3.63, 3.8) is 0 Å². The van der Waals surface area contributed by atoms with Crippen molar-refractivity contribution in [1.82, 2.24) is 0 Å². The quantitative estimate of drug-likeness (QED) is 0.508. The first-order valence-electron chi connectivity index (χ1n) is 6.32. The summed E-state index contributed by atoms with van der Waals surface area (Å²) >= 11 is 3.49. The minimum absolute atomic E-state index is 0.292. The second-order valence-electron chi connectivity index (χ2n) is 4.97. The first-order chi connectivity index (χ1) is 9.73. The fourth-order valence-corrected chi connectivity index (χ4v) is 2.47. The molecule has 0 fully saturated rings. The Morgan fingerprint density at radius 2 is 2.10 bits per heavy atom. The molecule has 1 aliphatic heterocycles. The van der Waals surface area contributed by atoms with E-state index in [4.69, 9.17) is 14.6 Å². The summed E-state index contributed by atoms with van der Waals surface area (Å²) in [6.45, 7) is 5.21. The maximum Gasteiger partial charge on any atom is 0.513 e. The third-order valence-electron chi connectivity index (χ3n) is 3.14. The minimum Gasteiger partial charge on any atom is -0.449 e. The molecule has 6 nitrogen and oxygen atoms in total. The van der Waals surface area contributed by atoms with Crippen LogP contribution in [0.3, 0.4) is 0 Å². The molecule has 0 spiro atoms. The summed E-state index contributed by atoms with van der Waals surface area (Å²) in [5, 5.41) is 8.51. The highest BCUT2D eigenvalue weighted by Crippen LogP contribution is 2.43. The molecule has 0 aliphatic carbocycles. The van der Waals surface area contributed by atoms with Crippen LogP contribution in [0.15, 0.2) is 12.1 Å². The Kier molecular flexibility index (Phi) is 4.13. The zero-order chi connectivity index (χ0) is 15.8. The number of hydrogen-bond acceptors (Lipinski definition) is 5. The Balaban J connectivity index is 2.28. The molecule has 0 radical (unpaired) electrons. The van der Waals surface area contributed by atoms with Gasteiger partial charge in [-0.2, -0.15) is 0 Å². The van der Waals surface area contributed by atoms with E-state index in [2.05, 4.69) is 20.7 Å². The van der Waals surface area contributed by atoms with Crippen LogP contribution < -0.4 is 9.47 Å². The molecule has 0 saturated carbocycles. The summed E-state index contributed by atoms with van der Waals surface area (Å²) in [7, 11) is 0. The van der Waals surface area contributed by atoms with E-state index >= 15 is 0 Å². The number of rotatable bonds is 3. The van der Waals surface area contributed by atoms with Crippen LogP contribution >= 0.6 is 15.9 Å². The molecule has 0 aromatic heterocycles. The summed E-state index contributed by atoms with van der Waals surface area (Å²) in [5.74, 6) is -2.07. The molecule has 1 aromatic rings. The van der Waals surface area contributed by atoms with Crippen LogP contribution in [-0.2, 0) is 16.0 Å². The van der Waals surface area contributed by atoms with Gasteiger partial charge in [-0.25, -0.2) is 9.59 Å². The van der Waals surface area contributed by atoms with Gasteiger partial charge >= 0.3 is 17.9 Å². The van der Waals surface area contributed by atoms with E-state index in [0.717, 1.165) is 17.5 Å². The molecule has 1 heterocycles. The van der Waals surface area contributed by atoms with Crippen molar-refractivity contribution < 1.29 is 28.9 Å². The zero-order valence-electron chi connectivity index (χ0n) is 11.8. The third kappa shape index (κ3) is 3.12. The zero-order valence-corrected chi connectivity index (χ0v) is 13.4.